The number of nitrogens with zero attached hydrogens (tertiary/aromatic N) is 1. The molecule has 0 radical (unpaired) electrons. The molecule has 0 aromatic heterocycles. The zero-order chi connectivity index (χ0) is 14.6. The summed E-state index contributed by atoms with van der Waals surface area (Å²) in [5.41, 5.74) is 9.94. The predicted octanol–water partition coefficient (Wildman–Crippen LogP) is 1.67. The highest BCUT2D eigenvalue weighted by atomic mass is 32.2. The van der Waals surface area contributed by atoms with Crippen molar-refractivity contribution in [1.29, 1.82) is 0 Å². The number of thioether (sulfide) groups is 1. The van der Waals surface area contributed by atoms with Gasteiger partial charge >= 0.3 is 0 Å². The van der Waals surface area contributed by atoms with Crippen LogP contribution < -0.4 is 11.5 Å². The minimum absolute atomic E-state index is 0.0529. The first kappa shape index (κ1) is 15.5. The zero-order valence-electron chi connectivity index (χ0n) is 10.8. The van der Waals surface area contributed by atoms with Crippen LogP contribution in [0.2, 0.25) is 0 Å². The molecule has 0 fully saturated rings. The van der Waals surface area contributed by atoms with Crippen LogP contribution in [0.4, 0.5) is 5.69 Å². The minimum atomic E-state index is -1.12. The van der Waals surface area contributed by atoms with Crippen molar-refractivity contribution in [3.05, 3.63) is 34.4 Å². The van der Waals surface area contributed by atoms with E-state index in [9.17, 15) is 14.9 Å². The van der Waals surface area contributed by atoms with Gasteiger partial charge in [-0.05, 0) is 19.4 Å². The van der Waals surface area contributed by atoms with Crippen LogP contribution in [-0.2, 0) is 4.79 Å². The Labute approximate surface area is 115 Å². The van der Waals surface area contributed by atoms with Gasteiger partial charge in [-0.15, -0.1) is 11.8 Å². The van der Waals surface area contributed by atoms with Crippen LogP contribution >= 0.6 is 11.8 Å². The lowest BCUT2D eigenvalue weighted by Crippen LogP contribution is -2.50. The number of hydrogen-bond acceptors (Lipinski definition) is 5. The SMILES string of the molecule is CC(CC(C)(N)C(N)=O)Sc1ccccc1[N+](=O)[O-]. The van der Waals surface area contributed by atoms with E-state index in [4.69, 9.17) is 11.5 Å². The Morgan fingerprint density at radius 3 is 2.63 bits per heavy atom. The normalized spacial score (nSPS) is 15.5. The number of amides is 1. The number of nitro groups is 1. The lowest BCUT2D eigenvalue weighted by molar-refractivity contribution is -0.387. The fourth-order valence-electron chi connectivity index (χ4n) is 1.66. The first-order valence-electron chi connectivity index (χ1n) is 5.73. The van der Waals surface area contributed by atoms with Crippen molar-refractivity contribution in [2.75, 3.05) is 0 Å². The maximum Gasteiger partial charge on any atom is 0.282 e. The third kappa shape index (κ3) is 4.22. The average molecular weight is 283 g/mol. The Bertz CT molecular complexity index is 491. The van der Waals surface area contributed by atoms with Gasteiger partial charge in [0.15, 0.2) is 0 Å². The zero-order valence-corrected chi connectivity index (χ0v) is 11.6. The molecule has 7 heteroatoms. The van der Waals surface area contributed by atoms with Crippen LogP contribution in [-0.4, -0.2) is 21.6 Å². The summed E-state index contributed by atoms with van der Waals surface area (Å²) in [4.78, 5) is 22.2. The second-order valence-corrected chi connectivity index (χ2v) is 6.12. The van der Waals surface area contributed by atoms with E-state index in [0.29, 0.717) is 11.3 Å². The van der Waals surface area contributed by atoms with Crippen LogP contribution in [0.5, 0.6) is 0 Å². The van der Waals surface area contributed by atoms with Crippen molar-refractivity contribution >= 4 is 23.4 Å². The number of nitro benzene ring substituents is 1. The maximum atomic E-state index is 11.2. The molecule has 0 aliphatic rings. The molecule has 104 valence electrons. The first-order chi connectivity index (χ1) is 8.74. The Kier molecular flexibility index (Phi) is 4.90. The first-order valence-corrected chi connectivity index (χ1v) is 6.61. The summed E-state index contributed by atoms with van der Waals surface area (Å²) in [7, 11) is 0. The second-order valence-electron chi connectivity index (χ2n) is 4.64. The lowest BCUT2D eigenvalue weighted by atomic mass is 9.97. The summed E-state index contributed by atoms with van der Waals surface area (Å²) >= 11 is 1.31. The van der Waals surface area contributed by atoms with Crippen molar-refractivity contribution in [2.45, 2.75) is 36.0 Å². The molecule has 2 unspecified atom stereocenters. The number of hydrogen-bond donors (Lipinski definition) is 2. The van der Waals surface area contributed by atoms with Gasteiger partial charge in [-0.25, -0.2) is 0 Å². The van der Waals surface area contributed by atoms with Gasteiger partial charge in [0.1, 0.15) is 0 Å². The highest BCUT2D eigenvalue weighted by Gasteiger charge is 2.29. The van der Waals surface area contributed by atoms with E-state index in [1.807, 2.05) is 6.92 Å². The summed E-state index contributed by atoms with van der Waals surface area (Å²) in [6.45, 7) is 3.42. The number of primary amides is 1. The number of benzene rings is 1. The molecular weight excluding hydrogens is 266 g/mol. The molecule has 6 nitrogen and oxygen atoms in total. The molecule has 0 saturated heterocycles. The lowest BCUT2D eigenvalue weighted by Gasteiger charge is -2.24. The van der Waals surface area contributed by atoms with Gasteiger partial charge in [-0.2, -0.15) is 0 Å². The molecule has 1 aromatic rings. The second kappa shape index (κ2) is 6.03. The topological polar surface area (TPSA) is 112 Å². The molecule has 0 aliphatic carbocycles. The van der Waals surface area contributed by atoms with Crippen molar-refractivity contribution < 1.29 is 9.72 Å². The molecule has 0 heterocycles. The predicted molar refractivity (Wildman–Crippen MR) is 74.8 cm³/mol. The van der Waals surface area contributed by atoms with Crippen molar-refractivity contribution in [2.24, 2.45) is 11.5 Å². The molecular formula is C12H17N3O3S. The summed E-state index contributed by atoms with van der Waals surface area (Å²) in [6, 6.07) is 6.48. The third-order valence-corrected chi connectivity index (χ3v) is 3.83. The summed E-state index contributed by atoms with van der Waals surface area (Å²) in [5.74, 6) is -0.581. The highest BCUT2D eigenvalue weighted by molar-refractivity contribution is 8.00. The van der Waals surface area contributed by atoms with E-state index in [1.54, 1.807) is 25.1 Å². The van der Waals surface area contributed by atoms with Crippen LogP contribution in [0.25, 0.3) is 0 Å². The highest BCUT2D eigenvalue weighted by Crippen LogP contribution is 2.34. The molecule has 0 spiro atoms. The molecule has 19 heavy (non-hydrogen) atoms. The van der Waals surface area contributed by atoms with Crippen LogP contribution in [0.3, 0.4) is 0 Å². The summed E-state index contributed by atoms with van der Waals surface area (Å²) in [6.07, 6.45) is 0.346. The molecule has 1 rings (SSSR count). The van der Waals surface area contributed by atoms with E-state index in [0.717, 1.165) is 0 Å². The average Bonchev–Trinajstić information content (AvgIpc) is 2.28. The fourth-order valence-corrected chi connectivity index (χ4v) is 2.95. The standard InChI is InChI=1S/C12H17N3O3S/c1-8(7-12(2,14)11(13)16)19-10-6-4-3-5-9(10)15(17)18/h3-6,8H,7,14H2,1-2H3,(H2,13,16). The Morgan fingerprint density at radius 2 is 2.11 bits per heavy atom. The van der Waals surface area contributed by atoms with Gasteiger partial charge in [-0.3, -0.25) is 14.9 Å². The van der Waals surface area contributed by atoms with E-state index in [2.05, 4.69) is 0 Å². The Hall–Kier alpha value is -1.60. The molecule has 2 atom stereocenters. The van der Waals surface area contributed by atoms with Gasteiger partial charge in [0.2, 0.25) is 5.91 Å². The molecule has 1 amide bonds. The van der Waals surface area contributed by atoms with Crippen LogP contribution in [0.15, 0.2) is 29.2 Å². The third-order valence-electron chi connectivity index (χ3n) is 2.66. The minimum Gasteiger partial charge on any atom is -0.368 e. The number of carbonyl (C=O) groups is 1. The Morgan fingerprint density at radius 1 is 1.53 bits per heavy atom. The van der Waals surface area contributed by atoms with Crippen LogP contribution in [0.1, 0.15) is 20.3 Å². The van der Waals surface area contributed by atoms with E-state index >= 15 is 0 Å². The smallest absolute Gasteiger partial charge is 0.282 e. The van der Waals surface area contributed by atoms with Gasteiger partial charge in [-0.1, -0.05) is 19.1 Å². The van der Waals surface area contributed by atoms with Crippen molar-refractivity contribution in [1.82, 2.24) is 0 Å². The summed E-state index contributed by atoms with van der Waals surface area (Å²) in [5, 5.41) is 10.8. The maximum absolute atomic E-state index is 11.2. The van der Waals surface area contributed by atoms with Gasteiger partial charge < -0.3 is 11.5 Å². The molecule has 0 saturated carbocycles. The largest absolute Gasteiger partial charge is 0.368 e. The number of rotatable bonds is 6. The molecule has 1 aromatic carbocycles. The molecule has 0 bridgehead atoms. The number of para-hydroxylation sites is 1. The number of carbonyl (C=O) groups excluding carboxylic acids is 1. The Balaban J connectivity index is 2.81. The quantitative estimate of drug-likeness (QED) is 0.468. The van der Waals surface area contributed by atoms with Crippen molar-refractivity contribution in [3.8, 4) is 0 Å². The van der Waals surface area contributed by atoms with Crippen molar-refractivity contribution in [3.63, 3.8) is 0 Å². The van der Waals surface area contributed by atoms with Gasteiger partial charge in [0.25, 0.3) is 5.69 Å². The van der Waals surface area contributed by atoms with Gasteiger partial charge in [0, 0.05) is 11.3 Å². The fraction of sp³-hybridized carbons (Fsp3) is 0.417. The monoisotopic (exact) mass is 283 g/mol. The van der Waals surface area contributed by atoms with E-state index in [1.165, 1.54) is 17.8 Å². The molecule has 0 aliphatic heterocycles. The van der Waals surface area contributed by atoms with E-state index in [-0.39, 0.29) is 10.9 Å². The molecule has 4 N–H and O–H groups in total. The number of nitrogens with two attached hydrogens (primary N) is 2. The van der Waals surface area contributed by atoms with Crippen LogP contribution in [0, 0.1) is 10.1 Å². The van der Waals surface area contributed by atoms with E-state index < -0.39 is 16.4 Å². The van der Waals surface area contributed by atoms with Gasteiger partial charge in [0.05, 0.1) is 15.4 Å². The summed E-state index contributed by atoms with van der Waals surface area (Å²) < 4.78 is 0.